The van der Waals surface area contributed by atoms with Crippen molar-refractivity contribution in [3.63, 3.8) is 0 Å². The van der Waals surface area contributed by atoms with Crippen molar-refractivity contribution < 1.29 is 27.5 Å². The Labute approximate surface area is 168 Å². The van der Waals surface area contributed by atoms with Crippen LogP contribution < -0.4 is 20.3 Å². The normalized spacial score (nSPS) is 10.1. The van der Waals surface area contributed by atoms with E-state index in [1.54, 1.807) is 0 Å². The fourth-order valence-corrected chi connectivity index (χ4v) is 3.64. The van der Waals surface area contributed by atoms with Gasteiger partial charge in [0.1, 0.15) is 10.8 Å². The lowest BCUT2D eigenvalue weighted by Gasteiger charge is -2.17. The minimum atomic E-state index is -3.37. The van der Waals surface area contributed by atoms with Crippen LogP contribution in [0.15, 0.2) is 23.7 Å². The van der Waals surface area contributed by atoms with Crippen molar-refractivity contribution in [3.05, 3.63) is 35.2 Å². The van der Waals surface area contributed by atoms with E-state index in [1.165, 1.54) is 12.3 Å². The van der Waals surface area contributed by atoms with E-state index < -0.39 is 46.8 Å². The van der Waals surface area contributed by atoms with Crippen LogP contribution in [0.4, 0.5) is 20.8 Å². The number of aromatic nitrogens is 1. The monoisotopic (exact) mass is 441 g/mol. The molecule has 0 radical (unpaired) electrons. The quantitative estimate of drug-likeness (QED) is 0.114. The number of thiol groups is 1. The molecule has 0 aliphatic rings. The number of halogens is 1. The van der Waals surface area contributed by atoms with Crippen molar-refractivity contribution >= 4 is 56.4 Å². The first-order valence-corrected chi connectivity index (χ1v) is 9.43. The zero-order valence-electron chi connectivity index (χ0n) is 14.2. The number of guanidine groups is 1. The summed E-state index contributed by atoms with van der Waals surface area (Å²) in [5.74, 6) is -3.59. The van der Waals surface area contributed by atoms with Crippen molar-refractivity contribution in [2.75, 3.05) is 16.2 Å². The number of carboxylic acids is 1. The molecule has 0 saturated heterocycles. The van der Waals surface area contributed by atoms with Gasteiger partial charge in [-0.1, -0.05) is 0 Å². The highest BCUT2D eigenvalue weighted by Crippen LogP contribution is 2.33. The van der Waals surface area contributed by atoms with E-state index in [0.29, 0.717) is 4.31 Å². The number of nitrogens with zero attached hydrogens (tertiary/aromatic N) is 3. The maximum atomic E-state index is 14.4. The zero-order valence-corrected chi connectivity index (χ0v) is 15.9. The van der Waals surface area contributed by atoms with Gasteiger partial charge in [0, 0.05) is 6.07 Å². The third kappa shape index (κ3) is 5.37. The molecule has 0 aliphatic carbocycles. The summed E-state index contributed by atoms with van der Waals surface area (Å²) in [5, 5.41) is 30.9. The predicted molar refractivity (Wildman–Crippen MR) is 101 cm³/mol. The average Bonchev–Trinajstić information content (AvgIpc) is 3.12. The number of carbonyl (C=O) groups is 2. The summed E-state index contributed by atoms with van der Waals surface area (Å²) in [4.78, 5) is 26.6. The highest BCUT2D eigenvalue weighted by atomic mass is 32.2. The van der Waals surface area contributed by atoms with Gasteiger partial charge in [-0.15, -0.1) is 11.3 Å². The summed E-state index contributed by atoms with van der Waals surface area (Å²) >= 11 is 0.744. The molecule has 0 bridgehead atoms. The van der Waals surface area contributed by atoms with E-state index in [-0.39, 0.29) is 16.4 Å². The van der Waals surface area contributed by atoms with Crippen LogP contribution in [-0.2, 0) is 15.7 Å². The number of benzene rings is 1. The van der Waals surface area contributed by atoms with Gasteiger partial charge in [-0.3, -0.25) is 15.5 Å². The van der Waals surface area contributed by atoms with Crippen LogP contribution in [0.25, 0.3) is 0 Å². The molecule has 1 heterocycles. The molecule has 2 aromatic rings. The Morgan fingerprint density at radius 1 is 1.41 bits per heavy atom. The van der Waals surface area contributed by atoms with Gasteiger partial charge in [0.2, 0.25) is 22.8 Å². The molecule has 0 unspecified atom stereocenters. The highest BCUT2D eigenvalue weighted by Gasteiger charge is 2.23. The summed E-state index contributed by atoms with van der Waals surface area (Å²) in [7, 11) is -3.37. The number of aromatic carboxylic acids is 1. The number of thiazole rings is 1. The molecule has 1 aromatic carbocycles. The SMILES string of the molecule is N#CNC(=N)NCC(=O)Nc1ccc(N(c2scnc2C(=O)O)[SH](=O)=O)cc1F. The largest absolute Gasteiger partial charge is 0.476 e. The van der Waals surface area contributed by atoms with E-state index in [2.05, 4.69) is 15.6 Å². The summed E-state index contributed by atoms with van der Waals surface area (Å²) in [6.45, 7) is -0.434. The Morgan fingerprint density at radius 3 is 2.72 bits per heavy atom. The van der Waals surface area contributed by atoms with Crippen LogP contribution in [0, 0.1) is 22.7 Å². The van der Waals surface area contributed by atoms with Gasteiger partial charge in [0.15, 0.2) is 11.9 Å². The number of hydrogen-bond donors (Lipinski definition) is 6. The molecule has 5 N–H and O–H groups in total. The van der Waals surface area contributed by atoms with Crippen LogP contribution in [0.3, 0.4) is 0 Å². The lowest BCUT2D eigenvalue weighted by atomic mass is 10.2. The zero-order chi connectivity index (χ0) is 21.6. The van der Waals surface area contributed by atoms with Crippen LogP contribution >= 0.6 is 11.3 Å². The Balaban J connectivity index is 2.22. The molecule has 12 nitrogen and oxygen atoms in total. The Kier molecular flexibility index (Phi) is 7.00. The molecule has 0 saturated carbocycles. The fourth-order valence-electron chi connectivity index (χ4n) is 2.02. The summed E-state index contributed by atoms with van der Waals surface area (Å²) in [6.07, 6.45) is 1.48. The third-order valence-corrected chi connectivity index (χ3v) is 4.89. The van der Waals surface area contributed by atoms with Crippen molar-refractivity contribution in [1.29, 1.82) is 10.7 Å². The van der Waals surface area contributed by atoms with E-state index >= 15 is 0 Å². The number of anilines is 3. The van der Waals surface area contributed by atoms with Crippen LogP contribution in [0.1, 0.15) is 10.5 Å². The van der Waals surface area contributed by atoms with Crippen molar-refractivity contribution in [2.24, 2.45) is 0 Å². The van der Waals surface area contributed by atoms with E-state index in [0.717, 1.165) is 29.0 Å². The van der Waals surface area contributed by atoms with Gasteiger partial charge in [-0.2, -0.15) is 5.26 Å². The van der Waals surface area contributed by atoms with E-state index in [9.17, 15) is 22.4 Å². The molecular formula is C14H12FN7O5S2. The molecule has 15 heteroatoms. The number of nitrogens with one attached hydrogen (secondary N) is 4. The van der Waals surface area contributed by atoms with Gasteiger partial charge >= 0.3 is 5.97 Å². The van der Waals surface area contributed by atoms with Gasteiger partial charge in [0.05, 0.1) is 23.4 Å². The molecule has 1 aromatic heterocycles. The molecule has 29 heavy (non-hydrogen) atoms. The third-order valence-electron chi connectivity index (χ3n) is 3.18. The summed E-state index contributed by atoms with van der Waals surface area (Å²) in [5.41, 5.74) is 0.165. The van der Waals surface area contributed by atoms with Gasteiger partial charge < -0.3 is 15.7 Å². The Bertz CT molecular complexity index is 1070. The first kappa shape index (κ1) is 21.5. The Morgan fingerprint density at radius 2 is 2.14 bits per heavy atom. The number of carboxylic acid groups (broad SMARTS) is 1. The van der Waals surface area contributed by atoms with Crippen LogP contribution in [0.5, 0.6) is 0 Å². The van der Waals surface area contributed by atoms with E-state index in [1.807, 2.05) is 5.32 Å². The number of hydrogen-bond acceptors (Lipinski definition) is 8. The summed E-state index contributed by atoms with van der Waals surface area (Å²) in [6, 6.07) is 3.06. The highest BCUT2D eigenvalue weighted by molar-refractivity contribution is 7.74. The first-order chi connectivity index (χ1) is 13.7. The first-order valence-electron chi connectivity index (χ1n) is 7.42. The van der Waals surface area contributed by atoms with Crippen molar-refractivity contribution in [3.8, 4) is 6.19 Å². The second-order valence-corrected chi connectivity index (χ2v) is 6.75. The molecule has 1 amide bonds. The van der Waals surface area contributed by atoms with Crippen LogP contribution in [-0.4, -0.2) is 42.9 Å². The maximum absolute atomic E-state index is 14.4. The summed E-state index contributed by atoms with van der Waals surface area (Å²) < 4.78 is 38.3. The molecule has 0 spiro atoms. The molecule has 2 rings (SSSR count). The molecule has 0 atom stereocenters. The predicted octanol–water partition coefficient (Wildman–Crippen LogP) is 0.178. The number of rotatable bonds is 7. The Hall–Kier alpha value is -3.77. The molecular weight excluding hydrogens is 429 g/mol. The number of amides is 1. The van der Waals surface area contributed by atoms with Gasteiger partial charge in [-0.25, -0.2) is 26.9 Å². The molecule has 0 aliphatic heterocycles. The topological polar surface area (TPSA) is 188 Å². The fraction of sp³-hybridized carbons (Fsp3) is 0.0714. The van der Waals surface area contributed by atoms with Crippen molar-refractivity contribution in [2.45, 2.75) is 0 Å². The van der Waals surface area contributed by atoms with E-state index in [4.69, 9.17) is 15.8 Å². The molecule has 0 fully saturated rings. The minimum Gasteiger partial charge on any atom is -0.476 e. The number of carbonyl (C=O) groups excluding carboxylic acids is 1. The smallest absolute Gasteiger partial charge is 0.357 e. The second-order valence-electron chi connectivity index (χ2n) is 5.04. The van der Waals surface area contributed by atoms with Gasteiger partial charge in [0.25, 0.3) is 0 Å². The lowest BCUT2D eigenvalue weighted by Crippen LogP contribution is -2.38. The maximum Gasteiger partial charge on any atom is 0.357 e. The molecule has 152 valence electrons. The second kappa shape index (κ2) is 9.43. The minimum absolute atomic E-state index is 0.193. The number of nitriles is 1. The average molecular weight is 441 g/mol. The lowest BCUT2D eigenvalue weighted by molar-refractivity contribution is -0.115. The van der Waals surface area contributed by atoms with Crippen LogP contribution in [0.2, 0.25) is 0 Å². The van der Waals surface area contributed by atoms with Gasteiger partial charge in [-0.05, 0) is 12.1 Å². The van der Waals surface area contributed by atoms with Crippen molar-refractivity contribution in [1.82, 2.24) is 15.6 Å². The standard InChI is InChI=1S/C14H12FN7O5S2/c15-8-3-7(22(29(26)27)12-11(13(24)25)20-6-28-12)1-2-9(8)21-10(23)4-18-14(17)19-5-16/h1-3,6,29H,4H2,(H,21,23)(H,24,25)(H3,17,18,19).